The molecule has 5 nitrogen and oxygen atoms in total. The van der Waals surface area contributed by atoms with Crippen LogP contribution in [0.3, 0.4) is 0 Å². The van der Waals surface area contributed by atoms with Crippen LogP contribution < -0.4 is 14.8 Å². The molecule has 1 aromatic carbocycles. The molecule has 1 N–H and O–H groups in total. The van der Waals surface area contributed by atoms with Crippen LogP contribution in [-0.4, -0.2) is 57.5 Å². The maximum Gasteiger partial charge on any atom is 0.122 e. The van der Waals surface area contributed by atoms with E-state index >= 15 is 0 Å². The Morgan fingerprint density at radius 2 is 1.64 bits per heavy atom. The van der Waals surface area contributed by atoms with Crippen molar-refractivity contribution in [1.29, 1.82) is 0 Å². The average molecular weight is 348 g/mol. The lowest BCUT2D eigenvalue weighted by molar-refractivity contribution is -0.0358. The lowest BCUT2D eigenvalue weighted by Crippen LogP contribution is -2.59. The number of ether oxygens (including phenoxy) is 3. The zero-order valence-electron chi connectivity index (χ0n) is 15.7. The molecular weight excluding hydrogens is 316 g/mol. The summed E-state index contributed by atoms with van der Waals surface area (Å²) in [6, 6.07) is 6.07. The fourth-order valence-corrected chi connectivity index (χ4v) is 4.13. The average Bonchev–Trinajstić information content (AvgIpc) is 2.69. The van der Waals surface area contributed by atoms with Gasteiger partial charge in [0.2, 0.25) is 0 Å². The number of benzene rings is 1. The van der Waals surface area contributed by atoms with Gasteiger partial charge in [0.25, 0.3) is 0 Å². The van der Waals surface area contributed by atoms with Gasteiger partial charge in [-0.3, -0.25) is 4.90 Å². The van der Waals surface area contributed by atoms with Crippen molar-refractivity contribution in [2.75, 3.05) is 47.1 Å². The predicted molar refractivity (Wildman–Crippen MR) is 99.5 cm³/mol. The van der Waals surface area contributed by atoms with Gasteiger partial charge >= 0.3 is 0 Å². The number of likely N-dealkylation sites (tertiary alicyclic amines) is 1. The molecule has 2 saturated heterocycles. The fraction of sp³-hybridized carbons (Fsp3) is 0.700. The van der Waals surface area contributed by atoms with Crippen LogP contribution in [0.25, 0.3) is 0 Å². The Kier molecular flexibility index (Phi) is 6.57. The van der Waals surface area contributed by atoms with Crippen LogP contribution in [0.5, 0.6) is 11.5 Å². The number of rotatable bonds is 7. The van der Waals surface area contributed by atoms with Gasteiger partial charge in [0, 0.05) is 37.9 Å². The van der Waals surface area contributed by atoms with Crippen molar-refractivity contribution < 1.29 is 14.2 Å². The van der Waals surface area contributed by atoms with Gasteiger partial charge in [0.15, 0.2) is 0 Å². The van der Waals surface area contributed by atoms with Crippen molar-refractivity contribution in [3.8, 4) is 11.5 Å². The Balaban J connectivity index is 1.63. The third-order valence-corrected chi connectivity index (χ3v) is 5.64. The summed E-state index contributed by atoms with van der Waals surface area (Å²) in [5.41, 5.74) is 1.44. The molecule has 5 heteroatoms. The molecule has 2 heterocycles. The number of nitrogens with zero attached hydrogens (tertiary/aromatic N) is 1. The van der Waals surface area contributed by atoms with E-state index in [0.717, 1.165) is 50.6 Å². The zero-order chi connectivity index (χ0) is 17.5. The first kappa shape index (κ1) is 18.5. The minimum absolute atomic E-state index is 0.252. The quantitative estimate of drug-likeness (QED) is 0.821. The van der Waals surface area contributed by atoms with Crippen molar-refractivity contribution in [3.63, 3.8) is 0 Å². The van der Waals surface area contributed by atoms with Crippen LogP contribution in [0.1, 0.15) is 37.7 Å². The summed E-state index contributed by atoms with van der Waals surface area (Å²) >= 11 is 0. The highest BCUT2D eigenvalue weighted by Gasteiger charge is 2.38. The number of nitrogens with one attached hydrogen (secondary N) is 1. The summed E-state index contributed by atoms with van der Waals surface area (Å²) in [5.74, 6) is 1.68. The topological polar surface area (TPSA) is 43.0 Å². The molecular formula is C20H32N2O3. The number of hydrogen-bond donors (Lipinski definition) is 1. The lowest BCUT2D eigenvalue weighted by Gasteiger charge is -2.48. The van der Waals surface area contributed by atoms with E-state index in [0.29, 0.717) is 0 Å². The first-order chi connectivity index (χ1) is 12.3. The molecule has 25 heavy (non-hydrogen) atoms. The molecule has 2 aliphatic rings. The van der Waals surface area contributed by atoms with E-state index in [1.54, 1.807) is 14.2 Å². The molecule has 3 rings (SSSR count). The molecule has 1 aromatic rings. The number of methoxy groups -OCH3 is 2. The molecule has 0 saturated carbocycles. The van der Waals surface area contributed by atoms with E-state index in [4.69, 9.17) is 14.2 Å². The lowest BCUT2D eigenvalue weighted by atomic mass is 9.86. The van der Waals surface area contributed by atoms with Gasteiger partial charge < -0.3 is 19.5 Å². The molecule has 0 spiro atoms. The highest BCUT2D eigenvalue weighted by molar-refractivity contribution is 5.38. The van der Waals surface area contributed by atoms with Crippen molar-refractivity contribution >= 4 is 0 Å². The molecule has 140 valence electrons. The second-order valence-corrected chi connectivity index (χ2v) is 7.21. The molecule has 0 radical (unpaired) electrons. The van der Waals surface area contributed by atoms with E-state index < -0.39 is 0 Å². The summed E-state index contributed by atoms with van der Waals surface area (Å²) in [4.78, 5) is 2.72. The third kappa shape index (κ3) is 4.66. The summed E-state index contributed by atoms with van der Waals surface area (Å²) < 4.78 is 16.4. The first-order valence-electron chi connectivity index (χ1n) is 9.51. The third-order valence-electron chi connectivity index (χ3n) is 5.64. The van der Waals surface area contributed by atoms with E-state index in [9.17, 15) is 0 Å². The largest absolute Gasteiger partial charge is 0.497 e. The molecule has 2 aliphatic heterocycles. The van der Waals surface area contributed by atoms with Crippen LogP contribution in [-0.2, 0) is 11.3 Å². The highest BCUT2D eigenvalue weighted by atomic mass is 16.5. The maximum absolute atomic E-state index is 5.65. The first-order valence-corrected chi connectivity index (χ1v) is 9.51. The summed E-state index contributed by atoms with van der Waals surface area (Å²) in [6.07, 6.45) is 6.29. The monoisotopic (exact) mass is 348 g/mol. The van der Waals surface area contributed by atoms with Gasteiger partial charge in [-0.15, -0.1) is 0 Å². The van der Waals surface area contributed by atoms with Gasteiger partial charge in [0.05, 0.1) is 14.2 Å². The van der Waals surface area contributed by atoms with Crippen molar-refractivity contribution in [1.82, 2.24) is 10.2 Å². The second-order valence-electron chi connectivity index (χ2n) is 7.21. The normalized spacial score (nSPS) is 21.0. The number of hydrogen-bond acceptors (Lipinski definition) is 5. The van der Waals surface area contributed by atoms with Gasteiger partial charge in [-0.05, 0) is 56.5 Å². The molecule has 2 fully saturated rings. The fourth-order valence-electron chi connectivity index (χ4n) is 4.13. The van der Waals surface area contributed by atoms with Gasteiger partial charge in [0.1, 0.15) is 11.5 Å². The van der Waals surface area contributed by atoms with Crippen LogP contribution in [0.2, 0.25) is 0 Å². The van der Waals surface area contributed by atoms with Crippen molar-refractivity contribution in [2.45, 2.75) is 44.2 Å². The molecule has 0 unspecified atom stereocenters. The molecule has 0 bridgehead atoms. The van der Waals surface area contributed by atoms with Crippen LogP contribution in [0.4, 0.5) is 0 Å². The SMILES string of the molecule is COc1cc(CNCC2(N3CCCCC3)CCOCC2)cc(OC)c1. The molecule has 0 atom stereocenters. The van der Waals surface area contributed by atoms with E-state index in [-0.39, 0.29) is 5.54 Å². The Labute approximate surface area is 151 Å². The Hall–Kier alpha value is -1.30. The number of piperidine rings is 1. The smallest absolute Gasteiger partial charge is 0.122 e. The van der Waals surface area contributed by atoms with E-state index in [1.165, 1.54) is 37.9 Å². The summed E-state index contributed by atoms with van der Waals surface area (Å²) in [5, 5.41) is 3.70. The van der Waals surface area contributed by atoms with Gasteiger partial charge in [-0.2, -0.15) is 0 Å². The van der Waals surface area contributed by atoms with E-state index in [1.807, 2.05) is 6.07 Å². The highest BCUT2D eigenvalue weighted by Crippen LogP contribution is 2.30. The predicted octanol–water partition coefficient (Wildman–Crippen LogP) is 2.83. The van der Waals surface area contributed by atoms with Crippen LogP contribution >= 0.6 is 0 Å². The molecule has 0 aromatic heterocycles. The zero-order valence-corrected chi connectivity index (χ0v) is 15.7. The maximum atomic E-state index is 5.65. The second kappa shape index (κ2) is 8.88. The molecule has 0 amide bonds. The van der Waals surface area contributed by atoms with Gasteiger partial charge in [-0.1, -0.05) is 6.42 Å². The van der Waals surface area contributed by atoms with Crippen molar-refractivity contribution in [3.05, 3.63) is 23.8 Å². The van der Waals surface area contributed by atoms with Crippen molar-refractivity contribution in [2.24, 2.45) is 0 Å². The summed E-state index contributed by atoms with van der Waals surface area (Å²) in [6.45, 7) is 6.06. The Bertz CT molecular complexity index is 515. The Morgan fingerprint density at radius 3 is 2.24 bits per heavy atom. The van der Waals surface area contributed by atoms with E-state index in [2.05, 4.69) is 22.3 Å². The van der Waals surface area contributed by atoms with Crippen LogP contribution in [0, 0.1) is 0 Å². The summed E-state index contributed by atoms with van der Waals surface area (Å²) in [7, 11) is 3.39. The molecule has 0 aliphatic carbocycles. The van der Waals surface area contributed by atoms with Gasteiger partial charge in [-0.25, -0.2) is 0 Å². The minimum Gasteiger partial charge on any atom is -0.497 e. The standard InChI is InChI=1S/C20H32N2O3/c1-23-18-12-17(13-19(14-18)24-2)15-21-16-20(6-10-25-11-7-20)22-8-4-3-5-9-22/h12-14,21H,3-11,15-16H2,1-2H3. The Morgan fingerprint density at radius 1 is 1.00 bits per heavy atom. The minimum atomic E-state index is 0.252. The van der Waals surface area contributed by atoms with Crippen LogP contribution in [0.15, 0.2) is 18.2 Å².